The van der Waals surface area contributed by atoms with Crippen LogP contribution >= 0.6 is 0 Å². The minimum absolute atomic E-state index is 0.323. The number of nitrogens with one attached hydrogen (secondary N) is 1. The first-order valence-corrected chi connectivity index (χ1v) is 5.61. The van der Waals surface area contributed by atoms with Crippen LogP contribution in [0.3, 0.4) is 0 Å². The van der Waals surface area contributed by atoms with E-state index in [1.807, 2.05) is 0 Å². The molecule has 2 N–H and O–H groups in total. The summed E-state index contributed by atoms with van der Waals surface area (Å²) in [6.45, 7) is 0.814. The van der Waals surface area contributed by atoms with Crippen molar-refractivity contribution < 1.29 is 18.7 Å². The topological polar surface area (TPSA) is 52.6 Å². The largest absolute Gasteiger partial charge is 0.390 e. The predicted octanol–water partition coefficient (Wildman–Crippen LogP) is 0.369. The van der Waals surface area contributed by atoms with Crippen LogP contribution in [-0.4, -0.2) is 48.2 Å². The van der Waals surface area contributed by atoms with E-state index in [1.54, 1.807) is 0 Å². The Morgan fingerprint density at radius 3 is 2.78 bits per heavy atom. The maximum Gasteiger partial charge on any atom is 0.257 e. The molecule has 0 spiro atoms. The molecule has 1 heterocycles. The lowest BCUT2D eigenvalue weighted by Crippen LogP contribution is -2.44. The molecule has 1 aromatic carbocycles. The monoisotopic (exact) mass is 256 g/mol. The number of likely N-dealkylation sites (N-methyl/N-ethyl adjacent to an activating group) is 1. The molecule has 0 saturated carbocycles. The van der Waals surface area contributed by atoms with Crippen molar-refractivity contribution in [1.82, 2.24) is 10.2 Å². The number of carbonyl (C=O) groups is 1. The molecule has 98 valence electrons. The number of hydrogen-bond acceptors (Lipinski definition) is 3. The van der Waals surface area contributed by atoms with Crippen LogP contribution in [0.15, 0.2) is 18.2 Å². The van der Waals surface area contributed by atoms with E-state index in [0.29, 0.717) is 13.1 Å². The Morgan fingerprint density at radius 2 is 2.17 bits per heavy atom. The summed E-state index contributed by atoms with van der Waals surface area (Å²) in [5, 5.41) is 12.6. The Labute approximate surface area is 103 Å². The van der Waals surface area contributed by atoms with Gasteiger partial charge in [-0.25, -0.2) is 8.78 Å². The molecule has 1 amide bonds. The number of nitrogens with zero attached hydrogens (tertiary/aromatic N) is 1. The quantitative estimate of drug-likeness (QED) is 0.804. The third-order valence-electron chi connectivity index (χ3n) is 3.13. The summed E-state index contributed by atoms with van der Waals surface area (Å²) >= 11 is 0. The molecule has 1 saturated heterocycles. The Bertz CT molecular complexity index is 467. The van der Waals surface area contributed by atoms with E-state index < -0.39 is 29.7 Å². The fourth-order valence-electron chi connectivity index (χ4n) is 2.05. The Balaban J connectivity index is 2.22. The number of aliphatic hydroxyl groups is 1. The second kappa shape index (κ2) is 4.99. The normalized spacial score (nSPS) is 23.1. The van der Waals surface area contributed by atoms with Crippen molar-refractivity contribution in [2.24, 2.45) is 0 Å². The summed E-state index contributed by atoms with van der Waals surface area (Å²) in [4.78, 5) is 13.3. The van der Waals surface area contributed by atoms with Gasteiger partial charge in [-0.15, -0.1) is 0 Å². The van der Waals surface area contributed by atoms with E-state index in [4.69, 9.17) is 0 Å². The number of carbonyl (C=O) groups excluding carboxylic acids is 1. The Morgan fingerprint density at radius 1 is 1.44 bits per heavy atom. The second-order valence-corrected chi connectivity index (χ2v) is 4.33. The van der Waals surface area contributed by atoms with Crippen molar-refractivity contribution in [1.29, 1.82) is 0 Å². The van der Waals surface area contributed by atoms with Gasteiger partial charge in [0.1, 0.15) is 11.6 Å². The van der Waals surface area contributed by atoms with Crippen LogP contribution in [0.4, 0.5) is 8.78 Å². The number of rotatable bonds is 2. The second-order valence-electron chi connectivity index (χ2n) is 4.33. The fraction of sp³-hybridized carbons (Fsp3) is 0.417. The zero-order valence-corrected chi connectivity index (χ0v) is 9.86. The van der Waals surface area contributed by atoms with E-state index in [-0.39, 0.29) is 5.56 Å². The molecule has 0 bridgehead atoms. The van der Waals surface area contributed by atoms with Crippen LogP contribution < -0.4 is 5.32 Å². The average Bonchev–Trinajstić information content (AvgIpc) is 2.77. The van der Waals surface area contributed by atoms with E-state index in [2.05, 4.69) is 5.32 Å². The van der Waals surface area contributed by atoms with Gasteiger partial charge in [0.05, 0.1) is 17.7 Å². The Hall–Kier alpha value is -1.53. The first-order chi connectivity index (χ1) is 8.50. The van der Waals surface area contributed by atoms with Crippen LogP contribution in [-0.2, 0) is 0 Å². The summed E-state index contributed by atoms with van der Waals surface area (Å²) in [5.74, 6) is -2.08. The average molecular weight is 256 g/mol. The number of amides is 1. The lowest BCUT2D eigenvalue weighted by molar-refractivity contribution is 0.0576. The molecule has 0 radical (unpaired) electrons. The maximum atomic E-state index is 13.5. The van der Waals surface area contributed by atoms with E-state index in [9.17, 15) is 18.7 Å². The van der Waals surface area contributed by atoms with E-state index >= 15 is 0 Å². The van der Waals surface area contributed by atoms with Gasteiger partial charge >= 0.3 is 0 Å². The predicted molar refractivity (Wildman–Crippen MR) is 61.1 cm³/mol. The van der Waals surface area contributed by atoms with Gasteiger partial charge in [-0.2, -0.15) is 0 Å². The molecule has 4 nitrogen and oxygen atoms in total. The van der Waals surface area contributed by atoms with Gasteiger partial charge in [0.2, 0.25) is 0 Å². The molecule has 2 rings (SSSR count). The summed E-state index contributed by atoms with van der Waals surface area (Å²) in [5.41, 5.74) is -0.323. The minimum Gasteiger partial charge on any atom is -0.390 e. The number of benzene rings is 1. The molecular weight excluding hydrogens is 242 g/mol. The van der Waals surface area contributed by atoms with Crippen molar-refractivity contribution in [3.05, 3.63) is 35.4 Å². The van der Waals surface area contributed by atoms with Crippen LogP contribution in [0.5, 0.6) is 0 Å². The van der Waals surface area contributed by atoms with Crippen LogP contribution in [0.25, 0.3) is 0 Å². The molecule has 0 aromatic heterocycles. The summed E-state index contributed by atoms with van der Waals surface area (Å²) in [6, 6.07) is 2.31. The van der Waals surface area contributed by atoms with E-state index in [1.165, 1.54) is 11.9 Å². The highest BCUT2D eigenvalue weighted by Crippen LogP contribution is 2.15. The molecule has 1 aliphatic heterocycles. The zero-order valence-electron chi connectivity index (χ0n) is 9.86. The smallest absolute Gasteiger partial charge is 0.257 e. The van der Waals surface area contributed by atoms with Crippen molar-refractivity contribution in [3.8, 4) is 0 Å². The van der Waals surface area contributed by atoms with Gasteiger partial charge in [0, 0.05) is 20.1 Å². The fourth-order valence-corrected chi connectivity index (χ4v) is 2.05. The third-order valence-corrected chi connectivity index (χ3v) is 3.13. The van der Waals surface area contributed by atoms with Crippen molar-refractivity contribution in [2.75, 3.05) is 20.1 Å². The van der Waals surface area contributed by atoms with Crippen molar-refractivity contribution >= 4 is 5.91 Å². The SMILES string of the molecule is CN(C(=O)c1cc(F)ccc1F)[C@H]1CNC[C@@H]1O. The summed E-state index contributed by atoms with van der Waals surface area (Å²) in [6.07, 6.45) is -0.699. The molecule has 1 fully saturated rings. The minimum atomic E-state index is -0.770. The molecular formula is C12H14F2N2O2. The summed E-state index contributed by atoms with van der Waals surface area (Å²) in [7, 11) is 1.47. The maximum absolute atomic E-state index is 13.5. The van der Waals surface area contributed by atoms with E-state index in [0.717, 1.165) is 18.2 Å². The third kappa shape index (κ3) is 2.34. The van der Waals surface area contributed by atoms with Crippen molar-refractivity contribution in [3.63, 3.8) is 0 Å². The molecule has 2 atom stereocenters. The number of halogens is 2. The highest BCUT2D eigenvalue weighted by atomic mass is 19.1. The lowest BCUT2D eigenvalue weighted by atomic mass is 10.1. The highest BCUT2D eigenvalue weighted by Gasteiger charge is 2.32. The van der Waals surface area contributed by atoms with Crippen LogP contribution in [0, 0.1) is 11.6 Å². The zero-order chi connectivity index (χ0) is 13.3. The van der Waals surface area contributed by atoms with Crippen LogP contribution in [0.2, 0.25) is 0 Å². The molecule has 1 aromatic rings. The van der Waals surface area contributed by atoms with Crippen molar-refractivity contribution in [2.45, 2.75) is 12.1 Å². The highest BCUT2D eigenvalue weighted by molar-refractivity contribution is 5.94. The molecule has 18 heavy (non-hydrogen) atoms. The van der Waals surface area contributed by atoms with Gasteiger partial charge in [-0.3, -0.25) is 4.79 Å². The molecule has 0 unspecified atom stereocenters. The Kier molecular flexibility index (Phi) is 3.58. The lowest BCUT2D eigenvalue weighted by Gasteiger charge is -2.26. The number of hydrogen-bond donors (Lipinski definition) is 2. The van der Waals surface area contributed by atoms with Gasteiger partial charge in [-0.1, -0.05) is 0 Å². The van der Waals surface area contributed by atoms with Gasteiger partial charge < -0.3 is 15.3 Å². The van der Waals surface area contributed by atoms with Gasteiger partial charge in [0.25, 0.3) is 5.91 Å². The molecule has 1 aliphatic rings. The van der Waals surface area contributed by atoms with Gasteiger partial charge in [-0.05, 0) is 18.2 Å². The van der Waals surface area contributed by atoms with Gasteiger partial charge in [0.15, 0.2) is 0 Å². The number of β-amino-alcohol motifs (C(OH)–C–C–N with tert-alkyl or cyclic N) is 1. The first kappa shape index (κ1) is 12.9. The van der Waals surface area contributed by atoms with Crippen LogP contribution in [0.1, 0.15) is 10.4 Å². The molecule has 6 heteroatoms. The summed E-state index contributed by atoms with van der Waals surface area (Å²) < 4.78 is 26.5. The number of aliphatic hydroxyl groups excluding tert-OH is 1. The standard InChI is InChI=1S/C12H14F2N2O2/c1-16(10-5-15-6-11(10)17)12(18)8-4-7(13)2-3-9(8)14/h2-4,10-11,15,17H,5-6H2,1H3/t10-,11-/m0/s1. The molecule has 0 aliphatic carbocycles. The first-order valence-electron chi connectivity index (χ1n) is 5.61.